The second-order valence-electron chi connectivity index (χ2n) is 6.10. The van der Waals surface area contributed by atoms with Gasteiger partial charge in [0.05, 0.1) is 41.2 Å². The molecule has 1 unspecified atom stereocenters. The quantitative estimate of drug-likeness (QED) is 0.592. The predicted octanol–water partition coefficient (Wildman–Crippen LogP) is 3.58. The van der Waals surface area contributed by atoms with Gasteiger partial charge < -0.3 is 9.29 Å². The van der Waals surface area contributed by atoms with Crippen molar-refractivity contribution in [2.75, 3.05) is 11.3 Å². The number of ether oxygens (including phenoxy) is 1. The van der Waals surface area contributed by atoms with E-state index >= 15 is 0 Å². The van der Waals surface area contributed by atoms with E-state index in [2.05, 4.69) is 19.9 Å². The number of aromatic amines is 1. The Labute approximate surface area is 156 Å². The molecule has 0 saturated carbocycles. The summed E-state index contributed by atoms with van der Waals surface area (Å²) < 4.78 is 20.7. The number of nitrogens with one attached hydrogen (secondary N) is 2. The van der Waals surface area contributed by atoms with E-state index in [-0.39, 0.29) is 5.25 Å². The van der Waals surface area contributed by atoms with E-state index in [1.54, 1.807) is 12.4 Å². The molecule has 7 heteroatoms. The smallest absolute Gasteiger partial charge is 0.137 e. The SMILES string of the molecule is CC(C)[S+]([O-])Nc1cccc(CCOc2ccc(-c3ccn[nH]3)nc2)c1. The summed E-state index contributed by atoms with van der Waals surface area (Å²) in [7, 11) is 0. The van der Waals surface area contributed by atoms with Gasteiger partial charge in [0.2, 0.25) is 0 Å². The summed E-state index contributed by atoms with van der Waals surface area (Å²) >= 11 is -1.08. The maximum Gasteiger partial charge on any atom is 0.137 e. The first-order valence-electron chi connectivity index (χ1n) is 8.46. The first kappa shape index (κ1) is 18.3. The monoisotopic (exact) mass is 370 g/mol. The fourth-order valence-corrected chi connectivity index (χ4v) is 2.93. The molecule has 0 amide bonds. The van der Waals surface area contributed by atoms with E-state index in [1.165, 1.54) is 0 Å². The highest BCUT2D eigenvalue weighted by molar-refractivity contribution is 7.93. The Kier molecular flexibility index (Phi) is 6.14. The molecule has 0 aliphatic heterocycles. The Morgan fingerprint density at radius 3 is 2.81 bits per heavy atom. The minimum absolute atomic E-state index is 0.0687. The van der Waals surface area contributed by atoms with Gasteiger partial charge in [-0.25, -0.2) is 4.72 Å². The van der Waals surface area contributed by atoms with E-state index in [1.807, 2.05) is 56.3 Å². The van der Waals surface area contributed by atoms with Crippen molar-refractivity contribution in [2.24, 2.45) is 0 Å². The normalized spacial score (nSPS) is 12.2. The van der Waals surface area contributed by atoms with Crippen LogP contribution in [0.5, 0.6) is 5.75 Å². The van der Waals surface area contributed by atoms with E-state index in [9.17, 15) is 4.55 Å². The van der Waals surface area contributed by atoms with Gasteiger partial charge in [0.1, 0.15) is 11.0 Å². The molecule has 2 N–H and O–H groups in total. The first-order chi connectivity index (χ1) is 12.6. The van der Waals surface area contributed by atoms with Crippen LogP contribution in [0.15, 0.2) is 54.9 Å². The lowest BCUT2D eigenvalue weighted by Gasteiger charge is -2.15. The molecule has 2 heterocycles. The molecule has 1 aromatic carbocycles. The van der Waals surface area contributed by atoms with Crippen molar-refractivity contribution < 1.29 is 9.29 Å². The van der Waals surface area contributed by atoms with Gasteiger partial charge in [-0.3, -0.25) is 10.1 Å². The summed E-state index contributed by atoms with van der Waals surface area (Å²) in [5.41, 5.74) is 3.68. The van der Waals surface area contributed by atoms with Crippen molar-refractivity contribution in [1.82, 2.24) is 15.2 Å². The van der Waals surface area contributed by atoms with Crippen LogP contribution in [0, 0.1) is 0 Å². The van der Waals surface area contributed by atoms with Crippen LogP contribution in [0.25, 0.3) is 11.4 Å². The third kappa shape index (κ3) is 5.00. The van der Waals surface area contributed by atoms with Crippen molar-refractivity contribution in [3.8, 4) is 17.1 Å². The number of nitrogens with zero attached hydrogens (tertiary/aromatic N) is 2. The zero-order valence-corrected chi connectivity index (χ0v) is 15.6. The van der Waals surface area contributed by atoms with Crippen molar-refractivity contribution in [2.45, 2.75) is 25.5 Å². The highest BCUT2D eigenvalue weighted by Gasteiger charge is 2.11. The molecule has 6 nitrogen and oxygen atoms in total. The van der Waals surface area contributed by atoms with Crippen LogP contribution in [0.4, 0.5) is 5.69 Å². The lowest BCUT2D eigenvalue weighted by molar-refractivity contribution is 0.321. The van der Waals surface area contributed by atoms with Gasteiger partial charge >= 0.3 is 0 Å². The fourth-order valence-electron chi connectivity index (χ4n) is 2.33. The van der Waals surface area contributed by atoms with Crippen LogP contribution in [0.1, 0.15) is 19.4 Å². The molecule has 2 aromatic heterocycles. The summed E-state index contributed by atoms with van der Waals surface area (Å²) in [4.78, 5) is 4.37. The number of pyridine rings is 1. The van der Waals surface area contributed by atoms with Gasteiger partial charge in [-0.2, -0.15) is 5.10 Å². The molecular formula is C19H22N4O2S. The molecular weight excluding hydrogens is 348 g/mol. The van der Waals surface area contributed by atoms with Gasteiger partial charge in [0.15, 0.2) is 0 Å². The van der Waals surface area contributed by atoms with E-state index in [0.717, 1.165) is 34.8 Å². The Morgan fingerprint density at radius 2 is 2.12 bits per heavy atom. The molecule has 136 valence electrons. The van der Waals surface area contributed by atoms with Crippen LogP contribution < -0.4 is 9.46 Å². The number of hydrogen-bond donors (Lipinski definition) is 2. The molecule has 26 heavy (non-hydrogen) atoms. The molecule has 0 aliphatic rings. The first-order valence-corrected chi connectivity index (χ1v) is 9.68. The molecule has 0 bridgehead atoms. The number of H-pyrrole nitrogens is 1. The van der Waals surface area contributed by atoms with Crippen LogP contribution in [-0.2, 0) is 17.8 Å². The predicted molar refractivity (Wildman–Crippen MR) is 104 cm³/mol. The zero-order chi connectivity index (χ0) is 18.4. The van der Waals surface area contributed by atoms with Crippen molar-refractivity contribution in [3.63, 3.8) is 0 Å². The number of aromatic nitrogens is 3. The number of hydrogen-bond acceptors (Lipinski definition) is 5. The second-order valence-corrected chi connectivity index (χ2v) is 7.84. The van der Waals surface area contributed by atoms with Gasteiger partial charge in [-0.1, -0.05) is 12.1 Å². The topological polar surface area (TPSA) is 85.9 Å². The van der Waals surface area contributed by atoms with Gasteiger partial charge in [0, 0.05) is 12.6 Å². The average molecular weight is 370 g/mol. The molecule has 0 fully saturated rings. The van der Waals surface area contributed by atoms with Crippen molar-refractivity contribution in [1.29, 1.82) is 0 Å². The molecule has 0 radical (unpaired) electrons. The Bertz CT molecular complexity index is 807. The molecule has 0 aliphatic carbocycles. The van der Waals surface area contributed by atoms with Gasteiger partial charge in [0.25, 0.3) is 0 Å². The third-order valence-corrected chi connectivity index (χ3v) is 5.04. The highest BCUT2D eigenvalue weighted by Crippen LogP contribution is 2.18. The maximum absolute atomic E-state index is 11.9. The number of benzene rings is 1. The summed E-state index contributed by atoms with van der Waals surface area (Å²) in [5.74, 6) is 0.725. The third-order valence-electron chi connectivity index (χ3n) is 3.75. The minimum atomic E-state index is -1.08. The van der Waals surface area contributed by atoms with E-state index in [4.69, 9.17) is 4.74 Å². The summed E-state index contributed by atoms with van der Waals surface area (Å²) in [6.07, 6.45) is 4.16. The molecule has 3 aromatic rings. The minimum Gasteiger partial charge on any atom is -0.593 e. The van der Waals surface area contributed by atoms with Crippen molar-refractivity contribution in [3.05, 3.63) is 60.4 Å². The number of rotatable bonds is 8. The molecule has 0 saturated heterocycles. The standard InChI is InChI=1S/C19H22N4O2S/c1-14(2)26(24)23-16-5-3-4-15(12-16)9-11-25-17-6-7-18(20-13-17)19-8-10-21-22-19/h3-8,10,12-14,23H,9,11H2,1-2H3,(H,21,22). The lowest BCUT2D eigenvalue weighted by Crippen LogP contribution is -2.22. The van der Waals surface area contributed by atoms with Crippen LogP contribution in [0.3, 0.4) is 0 Å². The largest absolute Gasteiger partial charge is 0.593 e. The van der Waals surface area contributed by atoms with Crippen LogP contribution in [-0.4, -0.2) is 31.6 Å². The summed E-state index contributed by atoms with van der Waals surface area (Å²) in [5, 5.41) is 6.87. The average Bonchev–Trinajstić information content (AvgIpc) is 3.17. The van der Waals surface area contributed by atoms with Crippen LogP contribution in [0.2, 0.25) is 0 Å². The molecule has 0 spiro atoms. The molecule has 1 atom stereocenters. The number of anilines is 1. The second kappa shape index (κ2) is 8.73. The van der Waals surface area contributed by atoms with E-state index in [0.29, 0.717) is 6.61 Å². The Hall–Kier alpha value is -2.51. The maximum atomic E-state index is 11.9. The fraction of sp³-hybridized carbons (Fsp3) is 0.263. The van der Waals surface area contributed by atoms with Crippen molar-refractivity contribution >= 4 is 17.0 Å². The lowest BCUT2D eigenvalue weighted by atomic mass is 10.1. The Morgan fingerprint density at radius 1 is 1.23 bits per heavy atom. The summed E-state index contributed by atoms with van der Waals surface area (Å²) in [6, 6.07) is 13.6. The van der Waals surface area contributed by atoms with Crippen LogP contribution >= 0.6 is 0 Å². The van der Waals surface area contributed by atoms with E-state index < -0.39 is 11.4 Å². The summed E-state index contributed by atoms with van der Waals surface area (Å²) in [6.45, 7) is 4.39. The Balaban J connectivity index is 1.52. The molecule has 3 rings (SSSR count). The highest BCUT2D eigenvalue weighted by atomic mass is 32.2. The zero-order valence-electron chi connectivity index (χ0n) is 14.8. The van der Waals surface area contributed by atoms with Gasteiger partial charge in [-0.05, 0) is 49.7 Å². The van der Waals surface area contributed by atoms with Gasteiger partial charge in [-0.15, -0.1) is 0 Å².